The Kier molecular flexibility index (Phi) is 18.5. The molecule has 0 saturated heterocycles. The average Bonchev–Trinajstić information content (AvgIpc) is 3.92. The second kappa shape index (κ2) is 20.2. The van der Waals surface area contributed by atoms with Crippen LogP contribution in [0.4, 0.5) is 0 Å². The van der Waals surface area contributed by atoms with E-state index in [-0.39, 0.29) is 103 Å². The molecule has 0 bridgehead atoms. The molecule has 8 fully saturated rings. The molecule has 0 radical (unpaired) electrons. The van der Waals surface area contributed by atoms with Crippen LogP contribution in [0.1, 0.15) is 196 Å². The maximum absolute atomic E-state index is 10.6. The second-order valence-electron chi connectivity index (χ2n) is 23.0. The topological polar surface area (TPSA) is 92.5 Å². The van der Waals surface area contributed by atoms with Crippen molar-refractivity contribution in [2.45, 2.75) is 216 Å². The Morgan fingerprint density at radius 2 is 1.02 bits per heavy atom. The van der Waals surface area contributed by atoms with E-state index in [1.54, 1.807) is 6.26 Å². The van der Waals surface area contributed by atoms with Gasteiger partial charge in [0.1, 0.15) is 19.7 Å². The van der Waals surface area contributed by atoms with Crippen molar-refractivity contribution in [2.24, 2.45) is 70.0 Å². The molecule has 16 atom stereocenters. The van der Waals surface area contributed by atoms with Crippen LogP contribution in [0, 0.1) is 70.0 Å². The molecule has 0 aliphatic heterocycles. The molecule has 0 aromatic carbocycles. The summed E-state index contributed by atoms with van der Waals surface area (Å²) in [6, 6.07) is 4.43. The average molecular weight is 975 g/mol. The van der Waals surface area contributed by atoms with Crippen LogP contribution in [0.3, 0.4) is 0 Å². The van der Waals surface area contributed by atoms with Crippen LogP contribution < -0.4 is 79.0 Å². The molecule has 2 aromatic heterocycles. The predicted octanol–water partition coefficient (Wildman–Crippen LogP) is 7.42. The second-order valence-corrected chi connectivity index (χ2v) is 28.0. The van der Waals surface area contributed by atoms with Gasteiger partial charge in [-0.1, -0.05) is 73.5 Å². The van der Waals surface area contributed by atoms with E-state index < -0.39 is 19.3 Å². The molecule has 6 nitrogen and oxygen atoms in total. The van der Waals surface area contributed by atoms with Crippen molar-refractivity contribution in [3.05, 3.63) is 29.8 Å². The minimum absolute atomic E-state index is 0. The number of rotatable bonds is 3. The fourth-order valence-corrected chi connectivity index (χ4v) is 17.2. The Morgan fingerprint density at radius 3 is 1.43 bits per heavy atom. The van der Waals surface area contributed by atoms with Crippen molar-refractivity contribution < 1.29 is 92.9 Å². The van der Waals surface area contributed by atoms with Gasteiger partial charge in [0.15, 0.2) is 0 Å². The number of hydrogen-bond donors (Lipinski definition) is 2. The van der Waals surface area contributed by atoms with Crippen molar-refractivity contribution >= 4 is 13.5 Å². The zero-order chi connectivity index (χ0) is 37.8. The number of nitrogens with zero attached hydrogens (tertiary/aromatic N) is 2. The van der Waals surface area contributed by atoms with Gasteiger partial charge in [0.25, 0.3) is 0 Å². The first kappa shape index (κ1) is 54.9. The van der Waals surface area contributed by atoms with E-state index >= 15 is 0 Å². The molecule has 60 heavy (non-hydrogen) atoms. The molecule has 0 spiro atoms. The Bertz CT molecular complexity index is 1640. The summed E-state index contributed by atoms with van der Waals surface area (Å²) in [5, 5.41) is 31.2. The fourth-order valence-electron chi connectivity index (χ4n) is 16.3. The molecule has 2 heterocycles. The third-order valence-electron chi connectivity index (χ3n) is 18.9. The standard InChI is InChI=1S/C25H41NO2Si.C22H33NO2.4CH4.Cs.FH/c1-24(27)12-10-17-16(15-24)6-7-19-18(17)11-13-25(2)20(19)8-9-21(25)22-14-23(28-26-22)29(3,4)5;1-21(24)10-7-15-14(13-21)3-4-17-16(15)8-11-22(2)18(17)5-6-19(22)20-9-12-25-23-20;;;;;;/h14,16-21,27H,6-13,15H2,1-5H3;9,12,14-19,24H,3-8,10-11,13H2,1-2H3;4*1H4;;1H/q;;;;;;+1;/p-1/t16-,17+,18-,19-,20+,21-,24-,25+;14-,15+,16-,17-,18+,19-,21-,22+;;;;;;/m11....../s1. The summed E-state index contributed by atoms with van der Waals surface area (Å²) in [5.41, 5.74) is 2.48. The number of fused-ring (bicyclic) bond motifs is 10. The van der Waals surface area contributed by atoms with E-state index in [1.807, 2.05) is 0 Å². The quantitative estimate of drug-likeness (QED) is 0.312. The van der Waals surface area contributed by atoms with Gasteiger partial charge in [-0.15, -0.1) is 0 Å². The molecule has 2 N–H and O–H groups in total. The molecule has 10 rings (SSSR count). The van der Waals surface area contributed by atoms with E-state index in [2.05, 4.69) is 69.8 Å². The van der Waals surface area contributed by atoms with Gasteiger partial charge in [-0.05, 0) is 205 Å². The zero-order valence-corrected chi connectivity index (χ0v) is 43.7. The smallest absolute Gasteiger partial charge is 1.00 e. The monoisotopic (exact) mass is 975 g/mol. The van der Waals surface area contributed by atoms with Gasteiger partial charge in [-0.3, -0.25) is 0 Å². The minimum atomic E-state index is -1.44. The van der Waals surface area contributed by atoms with E-state index in [4.69, 9.17) is 9.05 Å². The molecule has 8 aliphatic rings. The maximum atomic E-state index is 10.6. The van der Waals surface area contributed by atoms with Crippen LogP contribution in [0.15, 0.2) is 27.4 Å². The molecule has 9 heteroatoms. The van der Waals surface area contributed by atoms with Gasteiger partial charge in [0.05, 0.1) is 22.6 Å². The summed E-state index contributed by atoms with van der Waals surface area (Å²) < 4.78 is 11.0. The van der Waals surface area contributed by atoms with Crippen molar-refractivity contribution in [3.63, 3.8) is 0 Å². The van der Waals surface area contributed by atoms with Gasteiger partial charge in [0, 0.05) is 17.9 Å². The molecule has 8 saturated carbocycles. The van der Waals surface area contributed by atoms with Crippen molar-refractivity contribution in [1.29, 1.82) is 0 Å². The summed E-state index contributed by atoms with van der Waals surface area (Å²) >= 11 is 0. The summed E-state index contributed by atoms with van der Waals surface area (Å²) in [6.07, 6.45) is 24.7. The third kappa shape index (κ3) is 9.81. The van der Waals surface area contributed by atoms with Gasteiger partial charge < -0.3 is 24.0 Å². The van der Waals surface area contributed by atoms with Gasteiger partial charge in [-0.2, -0.15) is 0 Å². The largest absolute Gasteiger partial charge is 1.00 e. The first-order valence-electron chi connectivity index (χ1n) is 22.9. The van der Waals surface area contributed by atoms with Crippen LogP contribution in [0.2, 0.25) is 19.6 Å². The third-order valence-corrected chi connectivity index (χ3v) is 20.6. The van der Waals surface area contributed by atoms with E-state index in [9.17, 15) is 10.2 Å². The number of aliphatic hydroxyl groups is 2. The normalized spacial score (nSPS) is 44.7. The fraction of sp³-hybridized carbons (Fsp3) is 0.882. The SMILES string of the molecule is C.C.C.C.C[C@@]1(O)CC[C@H]2[C@H](CC[C@@H]3[C@@H]2CC[C@]2(C)[C@@H](c4cc([Si](C)(C)C)on4)CC[C@@H]32)C1.C[C@@]1(O)CC[C@H]2[C@H](CC[C@@H]3[C@@H]2CC[C@]2(C)[C@@H](c4ccon4)CC[C@@H]32)C1.[Cs+].[F-]. The minimum Gasteiger partial charge on any atom is -1.00 e. The van der Waals surface area contributed by atoms with Crippen LogP contribution in [-0.2, 0) is 0 Å². The summed E-state index contributed by atoms with van der Waals surface area (Å²) in [5.74, 6) is 9.90. The molecule has 2 aromatic rings. The Balaban J connectivity index is 0.000000293. The maximum Gasteiger partial charge on any atom is 1.00 e. The molecular formula is C51H90CsFN2O4Si. The zero-order valence-electron chi connectivity index (χ0n) is 36.4. The first-order valence-corrected chi connectivity index (χ1v) is 26.4. The molecule has 0 amide bonds. The number of halogens is 1. The van der Waals surface area contributed by atoms with E-state index in [0.717, 1.165) is 84.9 Å². The molecular weight excluding hydrogens is 885 g/mol. The molecule has 0 unspecified atom stereocenters. The van der Waals surface area contributed by atoms with Crippen molar-refractivity contribution in [3.8, 4) is 0 Å². The Morgan fingerprint density at radius 1 is 0.567 bits per heavy atom. The molecule has 8 aliphatic carbocycles. The summed E-state index contributed by atoms with van der Waals surface area (Å²) in [7, 11) is -1.44. The van der Waals surface area contributed by atoms with Crippen LogP contribution >= 0.6 is 0 Å². The van der Waals surface area contributed by atoms with Crippen LogP contribution in [0.5, 0.6) is 0 Å². The van der Waals surface area contributed by atoms with Gasteiger partial charge in [0.2, 0.25) is 0 Å². The van der Waals surface area contributed by atoms with Crippen molar-refractivity contribution in [1.82, 2.24) is 10.3 Å². The summed E-state index contributed by atoms with van der Waals surface area (Å²) in [4.78, 5) is 0. The Hall–Kier alpha value is 0.539. The van der Waals surface area contributed by atoms with Crippen molar-refractivity contribution in [2.75, 3.05) is 0 Å². The van der Waals surface area contributed by atoms with Crippen LogP contribution in [0.25, 0.3) is 0 Å². The Labute approximate surface area is 427 Å². The molecule has 340 valence electrons. The number of hydrogen-bond acceptors (Lipinski definition) is 6. The van der Waals surface area contributed by atoms with Gasteiger partial charge >= 0.3 is 68.9 Å². The predicted molar refractivity (Wildman–Crippen MR) is 244 cm³/mol. The summed E-state index contributed by atoms with van der Waals surface area (Å²) in [6.45, 7) is 16.3. The first-order chi connectivity index (χ1) is 25.6. The number of aromatic nitrogens is 2. The van der Waals surface area contributed by atoms with Crippen LogP contribution in [-0.4, -0.2) is 39.8 Å². The van der Waals surface area contributed by atoms with Gasteiger partial charge in [-0.25, -0.2) is 0 Å². The van der Waals surface area contributed by atoms with E-state index in [0.29, 0.717) is 22.7 Å². The van der Waals surface area contributed by atoms with E-state index in [1.165, 1.54) is 107 Å².